The lowest BCUT2D eigenvalue weighted by Gasteiger charge is -2.39. The number of aliphatic hydroxyl groups is 3. The standard InChI is InChI=1S/C9H16O7/c1-4(10)15-3-5-8(14-2)6(11)7(12)9(13)16-5/h5-9,11-13H,3H2,1-2H3/t5?,6-,7?,8+,9-/m1/s1. The lowest BCUT2D eigenvalue weighted by Crippen LogP contribution is -2.59. The Bertz CT molecular complexity index is 244. The van der Waals surface area contributed by atoms with Gasteiger partial charge in [-0.2, -0.15) is 0 Å². The quantitative estimate of drug-likeness (QED) is 0.487. The van der Waals surface area contributed by atoms with Gasteiger partial charge in [-0.3, -0.25) is 4.79 Å². The molecular weight excluding hydrogens is 220 g/mol. The fourth-order valence-electron chi connectivity index (χ4n) is 1.54. The smallest absolute Gasteiger partial charge is 0.302 e. The second kappa shape index (κ2) is 5.55. The minimum absolute atomic E-state index is 0.158. The maximum atomic E-state index is 10.6. The Balaban J connectivity index is 2.63. The molecule has 0 saturated carbocycles. The number of esters is 1. The van der Waals surface area contributed by atoms with Gasteiger partial charge >= 0.3 is 5.97 Å². The zero-order valence-corrected chi connectivity index (χ0v) is 9.07. The fourth-order valence-corrected chi connectivity index (χ4v) is 1.54. The van der Waals surface area contributed by atoms with E-state index in [2.05, 4.69) is 0 Å². The van der Waals surface area contributed by atoms with E-state index in [1.54, 1.807) is 0 Å². The number of carbonyl (C=O) groups is 1. The summed E-state index contributed by atoms with van der Waals surface area (Å²) in [5.74, 6) is -0.506. The van der Waals surface area contributed by atoms with Crippen LogP contribution in [0.3, 0.4) is 0 Å². The Hall–Kier alpha value is -0.730. The molecule has 7 heteroatoms. The largest absolute Gasteiger partial charge is 0.463 e. The molecule has 1 fully saturated rings. The number of aliphatic hydroxyl groups excluding tert-OH is 3. The first-order valence-electron chi connectivity index (χ1n) is 4.83. The summed E-state index contributed by atoms with van der Waals surface area (Å²) in [6.45, 7) is 1.07. The van der Waals surface area contributed by atoms with Crippen LogP contribution in [-0.2, 0) is 19.0 Å². The first kappa shape index (κ1) is 13.3. The van der Waals surface area contributed by atoms with Crippen LogP contribution >= 0.6 is 0 Å². The van der Waals surface area contributed by atoms with Crippen molar-refractivity contribution in [3.8, 4) is 0 Å². The van der Waals surface area contributed by atoms with Crippen molar-refractivity contribution in [2.45, 2.75) is 37.6 Å². The summed E-state index contributed by atoms with van der Waals surface area (Å²) in [5, 5.41) is 28.2. The number of ether oxygens (including phenoxy) is 3. The van der Waals surface area contributed by atoms with E-state index in [1.807, 2.05) is 0 Å². The molecule has 1 aliphatic rings. The molecule has 5 atom stereocenters. The van der Waals surface area contributed by atoms with Crippen LogP contribution in [0, 0.1) is 0 Å². The normalized spacial score (nSPS) is 39.4. The molecule has 94 valence electrons. The molecule has 3 N–H and O–H groups in total. The summed E-state index contributed by atoms with van der Waals surface area (Å²) < 4.78 is 14.6. The second-order valence-corrected chi connectivity index (χ2v) is 3.55. The average Bonchev–Trinajstić information content (AvgIpc) is 2.23. The van der Waals surface area contributed by atoms with Crippen molar-refractivity contribution in [1.29, 1.82) is 0 Å². The summed E-state index contributed by atoms with van der Waals surface area (Å²) in [6, 6.07) is 0. The van der Waals surface area contributed by atoms with Crippen LogP contribution in [0.4, 0.5) is 0 Å². The predicted molar refractivity (Wildman–Crippen MR) is 50.3 cm³/mol. The number of hydrogen-bond acceptors (Lipinski definition) is 7. The number of methoxy groups -OCH3 is 1. The molecule has 0 aromatic rings. The third kappa shape index (κ3) is 2.89. The van der Waals surface area contributed by atoms with Gasteiger partial charge in [0.2, 0.25) is 0 Å². The maximum Gasteiger partial charge on any atom is 0.302 e. The molecule has 0 aromatic carbocycles. The molecule has 2 unspecified atom stereocenters. The molecule has 1 heterocycles. The fraction of sp³-hybridized carbons (Fsp3) is 0.889. The Labute approximate surface area is 92.5 Å². The number of hydrogen-bond donors (Lipinski definition) is 3. The van der Waals surface area contributed by atoms with Crippen molar-refractivity contribution >= 4 is 5.97 Å². The van der Waals surface area contributed by atoms with Gasteiger partial charge in [0.25, 0.3) is 0 Å². The highest BCUT2D eigenvalue weighted by Gasteiger charge is 2.44. The topological polar surface area (TPSA) is 105 Å². The van der Waals surface area contributed by atoms with Crippen LogP contribution in [0.5, 0.6) is 0 Å². The van der Waals surface area contributed by atoms with Crippen LogP contribution in [-0.4, -0.2) is 65.7 Å². The Kier molecular flexibility index (Phi) is 4.63. The van der Waals surface area contributed by atoms with Gasteiger partial charge in [-0.15, -0.1) is 0 Å². The third-order valence-electron chi connectivity index (χ3n) is 2.38. The van der Waals surface area contributed by atoms with Gasteiger partial charge in [-0.1, -0.05) is 0 Å². The molecule has 1 rings (SSSR count). The first-order valence-corrected chi connectivity index (χ1v) is 4.83. The molecule has 1 aliphatic heterocycles. The van der Waals surface area contributed by atoms with E-state index in [0.717, 1.165) is 0 Å². The summed E-state index contributed by atoms with van der Waals surface area (Å²) in [4.78, 5) is 10.6. The first-order chi connectivity index (χ1) is 7.47. The maximum absolute atomic E-state index is 10.6. The van der Waals surface area contributed by atoms with Gasteiger partial charge in [0, 0.05) is 14.0 Å². The van der Waals surface area contributed by atoms with Gasteiger partial charge in [0.15, 0.2) is 6.29 Å². The van der Waals surface area contributed by atoms with E-state index in [-0.39, 0.29) is 6.61 Å². The molecule has 0 bridgehead atoms. The van der Waals surface area contributed by atoms with Crippen molar-refractivity contribution in [3.05, 3.63) is 0 Å². The molecule has 0 aliphatic carbocycles. The van der Waals surface area contributed by atoms with Crippen LogP contribution in [0.1, 0.15) is 6.92 Å². The minimum atomic E-state index is -1.53. The Morgan fingerprint density at radius 3 is 2.44 bits per heavy atom. The van der Waals surface area contributed by atoms with Crippen molar-refractivity contribution < 1.29 is 34.3 Å². The third-order valence-corrected chi connectivity index (χ3v) is 2.38. The summed E-state index contributed by atoms with van der Waals surface area (Å²) in [5.41, 5.74) is 0. The van der Waals surface area contributed by atoms with Gasteiger partial charge in [0.1, 0.15) is 31.0 Å². The van der Waals surface area contributed by atoms with E-state index < -0.39 is 36.7 Å². The molecule has 0 amide bonds. The Morgan fingerprint density at radius 2 is 1.94 bits per heavy atom. The molecule has 1 saturated heterocycles. The summed E-state index contributed by atoms with van der Waals surface area (Å²) in [6.07, 6.45) is -5.95. The SMILES string of the molecule is CO[C@H]1C(COC(C)=O)O[C@@H](O)C(O)[C@H]1O. The highest BCUT2D eigenvalue weighted by Crippen LogP contribution is 2.22. The lowest BCUT2D eigenvalue weighted by molar-refractivity contribution is -0.291. The van der Waals surface area contributed by atoms with Crippen molar-refractivity contribution in [3.63, 3.8) is 0 Å². The number of carbonyl (C=O) groups excluding carboxylic acids is 1. The second-order valence-electron chi connectivity index (χ2n) is 3.55. The average molecular weight is 236 g/mol. The van der Waals surface area contributed by atoms with E-state index in [0.29, 0.717) is 0 Å². The van der Waals surface area contributed by atoms with Gasteiger partial charge in [-0.05, 0) is 0 Å². The van der Waals surface area contributed by atoms with Crippen LogP contribution in [0.25, 0.3) is 0 Å². The monoisotopic (exact) mass is 236 g/mol. The van der Waals surface area contributed by atoms with Gasteiger partial charge in [0.05, 0.1) is 0 Å². The molecule has 0 spiro atoms. The van der Waals surface area contributed by atoms with E-state index in [4.69, 9.17) is 14.2 Å². The number of rotatable bonds is 3. The molecule has 0 aromatic heterocycles. The minimum Gasteiger partial charge on any atom is -0.463 e. The van der Waals surface area contributed by atoms with Gasteiger partial charge in [-0.25, -0.2) is 0 Å². The molecule has 16 heavy (non-hydrogen) atoms. The van der Waals surface area contributed by atoms with E-state index >= 15 is 0 Å². The summed E-state index contributed by atoms with van der Waals surface area (Å²) >= 11 is 0. The van der Waals surface area contributed by atoms with E-state index in [9.17, 15) is 20.1 Å². The highest BCUT2D eigenvalue weighted by molar-refractivity contribution is 5.65. The summed E-state index contributed by atoms with van der Waals surface area (Å²) in [7, 11) is 1.32. The Morgan fingerprint density at radius 1 is 1.31 bits per heavy atom. The zero-order valence-electron chi connectivity index (χ0n) is 9.07. The van der Waals surface area contributed by atoms with Gasteiger partial charge < -0.3 is 29.5 Å². The lowest BCUT2D eigenvalue weighted by atomic mass is 9.99. The molecule has 0 radical (unpaired) electrons. The van der Waals surface area contributed by atoms with E-state index in [1.165, 1.54) is 14.0 Å². The van der Waals surface area contributed by atoms with Crippen LogP contribution in [0.2, 0.25) is 0 Å². The van der Waals surface area contributed by atoms with Crippen molar-refractivity contribution in [1.82, 2.24) is 0 Å². The van der Waals surface area contributed by atoms with Crippen LogP contribution in [0.15, 0.2) is 0 Å². The predicted octanol–water partition coefficient (Wildman–Crippen LogP) is -2.00. The molecular formula is C9H16O7. The molecule has 7 nitrogen and oxygen atoms in total. The highest BCUT2D eigenvalue weighted by atomic mass is 16.7. The van der Waals surface area contributed by atoms with Crippen LogP contribution < -0.4 is 0 Å². The van der Waals surface area contributed by atoms with Crippen molar-refractivity contribution in [2.75, 3.05) is 13.7 Å². The van der Waals surface area contributed by atoms with Crippen molar-refractivity contribution in [2.24, 2.45) is 0 Å². The zero-order chi connectivity index (χ0) is 12.3.